The van der Waals surface area contributed by atoms with Crippen LogP contribution in [0.1, 0.15) is 36.8 Å². The maximum Gasteiger partial charge on any atom is 0.354 e. The molecule has 1 heterocycles. The minimum absolute atomic E-state index is 0.154. The lowest BCUT2D eigenvalue weighted by Crippen LogP contribution is -2.30. The topological polar surface area (TPSA) is 53.4 Å². The van der Waals surface area contributed by atoms with E-state index in [1.807, 2.05) is 6.07 Å². The molecule has 1 aromatic heterocycles. The van der Waals surface area contributed by atoms with Gasteiger partial charge in [0.25, 0.3) is 0 Å². The highest BCUT2D eigenvalue weighted by Gasteiger charge is 2.14. The molecule has 16 heavy (non-hydrogen) atoms. The van der Waals surface area contributed by atoms with Gasteiger partial charge in [-0.15, -0.1) is 0 Å². The van der Waals surface area contributed by atoms with Gasteiger partial charge in [-0.3, -0.25) is 4.90 Å². The number of carboxylic acid groups (broad SMARTS) is 1. The Balaban J connectivity index is 2.91. The highest BCUT2D eigenvalue weighted by molar-refractivity contribution is 5.86. The van der Waals surface area contributed by atoms with Crippen LogP contribution in [0.3, 0.4) is 0 Å². The Labute approximate surface area is 95.9 Å². The second kappa shape index (κ2) is 5.61. The van der Waals surface area contributed by atoms with Gasteiger partial charge < -0.3 is 5.11 Å². The lowest BCUT2D eigenvalue weighted by Gasteiger charge is -2.25. The quantitative estimate of drug-likeness (QED) is 0.828. The molecular formula is C12H18N2O2. The maximum absolute atomic E-state index is 11.0. The molecule has 0 amide bonds. The number of hydrogen-bond acceptors (Lipinski definition) is 3. The third kappa shape index (κ3) is 3.03. The molecule has 0 saturated carbocycles. The van der Waals surface area contributed by atoms with Gasteiger partial charge in [0.15, 0.2) is 5.69 Å². The number of rotatable bonds is 5. The zero-order valence-corrected chi connectivity index (χ0v) is 9.97. The number of pyridine rings is 1. The molecule has 0 fully saturated rings. The van der Waals surface area contributed by atoms with Gasteiger partial charge in [-0.25, -0.2) is 9.78 Å². The predicted molar refractivity (Wildman–Crippen MR) is 62.4 cm³/mol. The fourth-order valence-corrected chi connectivity index (χ4v) is 1.64. The van der Waals surface area contributed by atoms with Crippen LogP contribution in [0.15, 0.2) is 18.3 Å². The first-order chi connectivity index (χ1) is 7.56. The van der Waals surface area contributed by atoms with E-state index in [9.17, 15) is 4.79 Å². The molecule has 0 bridgehead atoms. The molecule has 1 rings (SSSR count). The van der Waals surface area contributed by atoms with Crippen LogP contribution in [-0.2, 0) is 6.54 Å². The molecule has 1 aromatic rings. The maximum atomic E-state index is 11.0. The van der Waals surface area contributed by atoms with Crippen LogP contribution >= 0.6 is 0 Å². The summed E-state index contributed by atoms with van der Waals surface area (Å²) in [5, 5.41) is 9.01. The zero-order chi connectivity index (χ0) is 12.1. The Kier molecular flexibility index (Phi) is 4.43. The van der Waals surface area contributed by atoms with E-state index in [0.29, 0.717) is 12.6 Å². The summed E-state index contributed by atoms with van der Waals surface area (Å²) in [7, 11) is 0. The molecule has 88 valence electrons. The van der Waals surface area contributed by atoms with Crippen LogP contribution in [-0.4, -0.2) is 33.5 Å². The molecule has 0 saturated heterocycles. The van der Waals surface area contributed by atoms with Crippen molar-refractivity contribution in [3.05, 3.63) is 29.6 Å². The molecule has 0 unspecified atom stereocenters. The molecule has 0 atom stereocenters. The van der Waals surface area contributed by atoms with Gasteiger partial charge in [-0.05, 0) is 32.0 Å². The van der Waals surface area contributed by atoms with Gasteiger partial charge in [-0.1, -0.05) is 13.0 Å². The zero-order valence-electron chi connectivity index (χ0n) is 9.97. The van der Waals surface area contributed by atoms with E-state index in [4.69, 9.17) is 5.11 Å². The first-order valence-electron chi connectivity index (χ1n) is 5.47. The van der Waals surface area contributed by atoms with E-state index >= 15 is 0 Å². The number of carboxylic acids is 1. The number of carbonyl (C=O) groups is 1. The van der Waals surface area contributed by atoms with Gasteiger partial charge in [0.2, 0.25) is 0 Å². The molecule has 0 aliphatic rings. The SMILES string of the molecule is CCN(Cc1cccnc1C(=O)O)C(C)C. The second-order valence-corrected chi connectivity index (χ2v) is 3.97. The Morgan fingerprint density at radius 2 is 2.25 bits per heavy atom. The van der Waals surface area contributed by atoms with E-state index in [2.05, 4.69) is 30.7 Å². The Morgan fingerprint density at radius 3 is 2.75 bits per heavy atom. The van der Waals surface area contributed by atoms with Crippen LogP contribution in [0.2, 0.25) is 0 Å². The van der Waals surface area contributed by atoms with E-state index in [-0.39, 0.29) is 5.69 Å². The summed E-state index contributed by atoms with van der Waals surface area (Å²) >= 11 is 0. The van der Waals surface area contributed by atoms with Crippen LogP contribution < -0.4 is 0 Å². The summed E-state index contributed by atoms with van der Waals surface area (Å²) in [4.78, 5) is 17.1. The normalized spacial score (nSPS) is 11.1. The molecule has 0 radical (unpaired) electrons. The van der Waals surface area contributed by atoms with Crippen molar-refractivity contribution in [3.8, 4) is 0 Å². The van der Waals surface area contributed by atoms with Crippen LogP contribution in [0.5, 0.6) is 0 Å². The first-order valence-corrected chi connectivity index (χ1v) is 5.47. The highest BCUT2D eigenvalue weighted by Crippen LogP contribution is 2.11. The van der Waals surface area contributed by atoms with Crippen molar-refractivity contribution in [2.75, 3.05) is 6.54 Å². The summed E-state index contributed by atoms with van der Waals surface area (Å²) in [6, 6.07) is 3.99. The molecule has 4 nitrogen and oxygen atoms in total. The minimum atomic E-state index is -0.963. The van der Waals surface area contributed by atoms with Gasteiger partial charge >= 0.3 is 5.97 Å². The lowest BCUT2D eigenvalue weighted by atomic mass is 10.1. The third-order valence-corrected chi connectivity index (χ3v) is 2.60. The van der Waals surface area contributed by atoms with E-state index in [1.165, 1.54) is 6.20 Å². The fourth-order valence-electron chi connectivity index (χ4n) is 1.64. The number of aromatic nitrogens is 1. The molecular weight excluding hydrogens is 204 g/mol. The van der Waals surface area contributed by atoms with Gasteiger partial charge in [0, 0.05) is 18.8 Å². The summed E-state index contributed by atoms with van der Waals surface area (Å²) in [6.07, 6.45) is 1.51. The Morgan fingerprint density at radius 1 is 1.56 bits per heavy atom. The first kappa shape index (κ1) is 12.6. The van der Waals surface area contributed by atoms with Crippen molar-refractivity contribution < 1.29 is 9.90 Å². The number of hydrogen-bond donors (Lipinski definition) is 1. The van der Waals surface area contributed by atoms with Crippen molar-refractivity contribution in [1.29, 1.82) is 0 Å². The summed E-state index contributed by atoms with van der Waals surface area (Å²) in [5.41, 5.74) is 0.923. The van der Waals surface area contributed by atoms with Gasteiger partial charge in [-0.2, -0.15) is 0 Å². The van der Waals surface area contributed by atoms with Crippen molar-refractivity contribution in [2.45, 2.75) is 33.4 Å². The van der Waals surface area contributed by atoms with E-state index < -0.39 is 5.97 Å². The molecule has 4 heteroatoms. The molecule has 0 aromatic carbocycles. The van der Waals surface area contributed by atoms with Crippen molar-refractivity contribution in [3.63, 3.8) is 0 Å². The standard InChI is InChI=1S/C12H18N2O2/c1-4-14(9(2)3)8-10-6-5-7-13-11(10)12(15)16/h5-7,9H,4,8H2,1-3H3,(H,15,16). The van der Waals surface area contributed by atoms with E-state index in [0.717, 1.165) is 12.1 Å². The molecule has 1 N–H and O–H groups in total. The van der Waals surface area contributed by atoms with Crippen LogP contribution in [0.25, 0.3) is 0 Å². The van der Waals surface area contributed by atoms with Gasteiger partial charge in [0.1, 0.15) is 0 Å². The Hall–Kier alpha value is -1.42. The fraction of sp³-hybridized carbons (Fsp3) is 0.500. The molecule has 0 aliphatic carbocycles. The van der Waals surface area contributed by atoms with Crippen molar-refractivity contribution >= 4 is 5.97 Å². The Bertz CT molecular complexity index is 364. The summed E-state index contributed by atoms with van der Waals surface area (Å²) in [5.74, 6) is -0.963. The summed E-state index contributed by atoms with van der Waals surface area (Å²) in [6.45, 7) is 7.78. The number of nitrogens with zero attached hydrogens (tertiary/aromatic N) is 2. The largest absolute Gasteiger partial charge is 0.477 e. The second-order valence-electron chi connectivity index (χ2n) is 3.97. The smallest absolute Gasteiger partial charge is 0.354 e. The van der Waals surface area contributed by atoms with Gasteiger partial charge in [0.05, 0.1) is 0 Å². The van der Waals surface area contributed by atoms with Crippen LogP contribution in [0.4, 0.5) is 0 Å². The van der Waals surface area contributed by atoms with Crippen molar-refractivity contribution in [2.24, 2.45) is 0 Å². The third-order valence-electron chi connectivity index (χ3n) is 2.60. The average molecular weight is 222 g/mol. The average Bonchev–Trinajstić information content (AvgIpc) is 2.25. The molecule has 0 aliphatic heterocycles. The van der Waals surface area contributed by atoms with Crippen LogP contribution in [0, 0.1) is 0 Å². The minimum Gasteiger partial charge on any atom is -0.477 e. The monoisotopic (exact) mass is 222 g/mol. The molecule has 0 spiro atoms. The predicted octanol–water partition coefficient (Wildman–Crippen LogP) is 2.01. The van der Waals surface area contributed by atoms with Crippen molar-refractivity contribution in [1.82, 2.24) is 9.88 Å². The lowest BCUT2D eigenvalue weighted by molar-refractivity contribution is 0.0687. The van der Waals surface area contributed by atoms with E-state index in [1.54, 1.807) is 6.07 Å². The number of aromatic carboxylic acids is 1. The summed E-state index contributed by atoms with van der Waals surface area (Å²) < 4.78 is 0. The highest BCUT2D eigenvalue weighted by atomic mass is 16.4.